The Morgan fingerprint density at radius 1 is 1.10 bits per heavy atom. The van der Waals surface area contributed by atoms with Gasteiger partial charge in [0.2, 0.25) is 0 Å². The summed E-state index contributed by atoms with van der Waals surface area (Å²) in [6.45, 7) is 2.53. The SMILES string of the molecule is CCOc1ccc(OCC(=O)Nc2cccc(I)c2)cc1. The molecule has 0 aliphatic heterocycles. The Kier molecular flexibility index (Phi) is 5.86. The van der Waals surface area contributed by atoms with Crippen molar-refractivity contribution in [2.24, 2.45) is 0 Å². The Labute approximate surface area is 137 Å². The molecule has 0 radical (unpaired) electrons. The molecule has 0 bridgehead atoms. The lowest BCUT2D eigenvalue weighted by Gasteiger charge is -2.08. The van der Waals surface area contributed by atoms with Gasteiger partial charge in [0.25, 0.3) is 5.91 Å². The fourth-order valence-electron chi connectivity index (χ4n) is 1.71. The van der Waals surface area contributed by atoms with Crippen molar-refractivity contribution in [2.75, 3.05) is 18.5 Å². The fourth-order valence-corrected chi connectivity index (χ4v) is 2.25. The second-order valence-corrected chi connectivity index (χ2v) is 5.50. The van der Waals surface area contributed by atoms with Gasteiger partial charge < -0.3 is 14.8 Å². The van der Waals surface area contributed by atoms with Crippen molar-refractivity contribution < 1.29 is 14.3 Å². The molecule has 2 aromatic carbocycles. The van der Waals surface area contributed by atoms with E-state index < -0.39 is 0 Å². The minimum atomic E-state index is -0.189. The van der Waals surface area contributed by atoms with Gasteiger partial charge in [0.05, 0.1) is 6.61 Å². The Morgan fingerprint density at radius 2 is 1.76 bits per heavy atom. The lowest BCUT2D eigenvalue weighted by atomic mass is 10.3. The van der Waals surface area contributed by atoms with E-state index in [1.54, 1.807) is 12.1 Å². The van der Waals surface area contributed by atoms with E-state index >= 15 is 0 Å². The number of amides is 1. The van der Waals surface area contributed by atoms with E-state index in [-0.39, 0.29) is 12.5 Å². The standard InChI is InChI=1S/C16H16INO3/c1-2-20-14-6-8-15(9-7-14)21-11-16(19)18-13-5-3-4-12(17)10-13/h3-10H,2,11H2,1H3,(H,18,19). The largest absolute Gasteiger partial charge is 0.494 e. The van der Waals surface area contributed by atoms with Crippen LogP contribution in [0.2, 0.25) is 0 Å². The van der Waals surface area contributed by atoms with Gasteiger partial charge in [-0.25, -0.2) is 0 Å². The molecule has 1 amide bonds. The summed E-state index contributed by atoms with van der Waals surface area (Å²) in [7, 11) is 0. The topological polar surface area (TPSA) is 47.6 Å². The molecule has 4 nitrogen and oxygen atoms in total. The minimum absolute atomic E-state index is 0.0283. The van der Waals surface area contributed by atoms with Crippen LogP contribution in [0.25, 0.3) is 0 Å². The summed E-state index contributed by atoms with van der Waals surface area (Å²) in [4.78, 5) is 11.8. The van der Waals surface area contributed by atoms with Crippen LogP contribution in [0.5, 0.6) is 11.5 Å². The van der Waals surface area contributed by atoms with E-state index in [2.05, 4.69) is 27.9 Å². The second kappa shape index (κ2) is 7.87. The highest BCUT2D eigenvalue weighted by molar-refractivity contribution is 14.1. The van der Waals surface area contributed by atoms with Gasteiger partial charge in [-0.2, -0.15) is 0 Å². The molecule has 5 heteroatoms. The highest BCUT2D eigenvalue weighted by atomic mass is 127. The molecule has 0 heterocycles. The molecule has 0 atom stereocenters. The molecule has 0 aromatic heterocycles. The van der Waals surface area contributed by atoms with E-state index in [0.717, 1.165) is 15.0 Å². The van der Waals surface area contributed by atoms with Gasteiger partial charge in [-0.1, -0.05) is 6.07 Å². The van der Waals surface area contributed by atoms with Gasteiger partial charge in [-0.3, -0.25) is 4.79 Å². The van der Waals surface area contributed by atoms with Crippen LogP contribution >= 0.6 is 22.6 Å². The Morgan fingerprint density at radius 3 is 2.38 bits per heavy atom. The number of nitrogens with one attached hydrogen (secondary N) is 1. The van der Waals surface area contributed by atoms with E-state index in [1.807, 2.05) is 43.3 Å². The zero-order valence-electron chi connectivity index (χ0n) is 11.6. The lowest BCUT2D eigenvalue weighted by Crippen LogP contribution is -2.20. The number of carbonyl (C=O) groups excluding carboxylic acids is 1. The minimum Gasteiger partial charge on any atom is -0.494 e. The van der Waals surface area contributed by atoms with Crippen molar-refractivity contribution in [1.29, 1.82) is 0 Å². The number of carbonyl (C=O) groups is 1. The monoisotopic (exact) mass is 397 g/mol. The molecule has 0 saturated carbocycles. The second-order valence-electron chi connectivity index (χ2n) is 4.25. The van der Waals surface area contributed by atoms with Crippen molar-refractivity contribution in [2.45, 2.75) is 6.92 Å². The van der Waals surface area contributed by atoms with Crippen molar-refractivity contribution in [1.82, 2.24) is 0 Å². The molecule has 0 aliphatic carbocycles. The van der Waals surface area contributed by atoms with Gasteiger partial charge in [0, 0.05) is 9.26 Å². The van der Waals surface area contributed by atoms with E-state index in [4.69, 9.17) is 9.47 Å². The highest BCUT2D eigenvalue weighted by Gasteiger charge is 2.04. The van der Waals surface area contributed by atoms with E-state index in [0.29, 0.717) is 12.4 Å². The lowest BCUT2D eigenvalue weighted by molar-refractivity contribution is -0.118. The van der Waals surface area contributed by atoms with Crippen LogP contribution in [-0.4, -0.2) is 19.1 Å². The van der Waals surface area contributed by atoms with Crippen molar-refractivity contribution in [3.8, 4) is 11.5 Å². The molecule has 0 unspecified atom stereocenters. The van der Waals surface area contributed by atoms with Crippen molar-refractivity contribution >= 4 is 34.2 Å². The Bertz CT molecular complexity index is 599. The van der Waals surface area contributed by atoms with Crippen LogP contribution in [0, 0.1) is 3.57 Å². The summed E-state index contributed by atoms with van der Waals surface area (Å²) >= 11 is 2.20. The maximum Gasteiger partial charge on any atom is 0.262 e. The van der Waals surface area contributed by atoms with Crippen LogP contribution in [-0.2, 0) is 4.79 Å². The Hall–Kier alpha value is -1.76. The van der Waals surface area contributed by atoms with Gasteiger partial charge in [0.15, 0.2) is 6.61 Å². The highest BCUT2D eigenvalue weighted by Crippen LogP contribution is 2.17. The number of anilines is 1. The number of benzene rings is 2. The molecule has 2 rings (SSSR count). The predicted octanol–water partition coefficient (Wildman–Crippen LogP) is 3.71. The molecule has 0 spiro atoms. The number of rotatable bonds is 6. The fraction of sp³-hybridized carbons (Fsp3) is 0.188. The number of hydrogen-bond acceptors (Lipinski definition) is 3. The number of ether oxygens (including phenoxy) is 2. The molecule has 0 saturated heterocycles. The Balaban J connectivity index is 1.83. The first kappa shape index (κ1) is 15.6. The van der Waals surface area contributed by atoms with Crippen LogP contribution < -0.4 is 14.8 Å². The number of halogens is 1. The molecular weight excluding hydrogens is 381 g/mol. The molecule has 0 fully saturated rings. The molecule has 21 heavy (non-hydrogen) atoms. The summed E-state index contributed by atoms with van der Waals surface area (Å²) in [6, 6.07) is 14.8. The normalized spacial score (nSPS) is 10.0. The van der Waals surface area contributed by atoms with Crippen LogP contribution in [0.4, 0.5) is 5.69 Å². The smallest absolute Gasteiger partial charge is 0.262 e. The van der Waals surface area contributed by atoms with Crippen molar-refractivity contribution in [3.63, 3.8) is 0 Å². The third kappa shape index (κ3) is 5.26. The first-order valence-corrected chi connectivity index (χ1v) is 7.66. The number of hydrogen-bond donors (Lipinski definition) is 1. The van der Waals surface area contributed by atoms with Crippen molar-refractivity contribution in [3.05, 3.63) is 52.1 Å². The maximum absolute atomic E-state index is 11.8. The molecule has 2 aromatic rings. The van der Waals surface area contributed by atoms with E-state index in [1.165, 1.54) is 0 Å². The predicted molar refractivity (Wildman–Crippen MR) is 90.9 cm³/mol. The average Bonchev–Trinajstić information content (AvgIpc) is 2.47. The van der Waals surface area contributed by atoms with Gasteiger partial charge >= 0.3 is 0 Å². The third-order valence-corrected chi connectivity index (χ3v) is 3.28. The van der Waals surface area contributed by atoms with E-state index in [9.17, 15) is 4.79 Å². The zero-order chi connectivity index (χ0) is 15.1. The maximum atomic E-state index is 11.8. The molecular formula is C16H16INO3. The van der Waals surface area contributed by atoms with Crippen LogP contribution in [0.1, 0.15) is 6.92 Å². The van der Waals surface area contributed by atoms with Gasteiger partial charge in [0.1, 0.15) is 11.5 Å². The molecule has 110 valence electrons. The third-order valence-electron chi connectivity index (χ3n) is 2.61. The van der Waals surface area contributed by atoms with Gasteiger partial charge in [-0.15, -0.1) is 0 Å². The first-order valence-electron chi connectivity index (χ1n) is 6.58. The average molecular weight is 397 g/mol. The molecule has 0 aliphatic rings. The van der Waals surface area contributed by atoms with Crippen LogP contribution in [0.3, 0.4) is 0 Å². The first-order chi connectivity index (χ1) is 10.2. The summed E-state index contributed by atoms with van der Waals surface area (Å²) in [5.41, 5.74) is 0.766. The quantitative estimate of drug-likeness (QED) is 0.757. The summed E-state index contributed by atoms with van der Waals surface area (Å²) in [6.07, 6.45) is 0. The van der Waals surface area contributed by atoms with Gasteiger partial charge in [-0.05, 0) is 72.0 Å². The summed E-state index contributed by atoms with van der Waals surface area (Å²) < 4.78 is 11.8. The summed E-state index contributed by atoms with van der Waals surface area (Å²) in [5, 5.41) is 2.79. The zero-order valence-corrected chi connectivity index (χ0v) is 13.8. The molecule has 1 N–H and O–H groups in total. The summed E-state index contributed by atoms with van der Waals surface area (Å²) in [5.74, 6) is 1.23. The van der Waals surface area contributed by atoms with Crippen LogP contribution in [0.15, 0.2) is 48.5 Å².